The maximum Gasteiger partial charge on any atom is 0.342 e. The van der Waals surface area contributed by atoms with Crippen molar-refractivity contribution in [2.24, 2.45) is 0 Å². The third-order valence-electron chi connectivity index (χ3n) is 4.78. The number of aryl methyl sites for hydroxylation is 1. The lowest BCUT2D eigenvalue weighted by atomic mass is 9.96. The van der Waals surface area contributed by atoms with Crippen molar-refractivity contribution in [2.45, 2.75) is 44.3 Å². The van der Waals surface area contributed by atoms with Gasteiger partial charge in [0.05, 0.1) is 6.20 Å². The molecule has 3 atom stereocenters. The molecular formula is C17H20N4O. The molecule has 1 aromatic heterocycles. The van der Waals surface area contributed by atoms with Crippen molar-refractivity contribution in [2.75, 3.05) is 0 Å². The first-order chi connectivity index (χ1) is 10.7. The second-order valence-corrected chi connectivity index (χ2v) is 6.38. The van der Waals surface area contributed by atoms with Crippen molar-refractivity contribution >= 4 is 6.03 Å². The van der Waals surface area contributed by atoms with E-state index in [1.54, 1.807) is 12.4 Å². The molecule has 1 aromatic carbocycles. The summed E-state index contributed by atoms with van der Waals surface area (Å²) in [5.74, 6) is 0. The molecule has 5 nitrogen and oxygen atoms in total. The molecule has 4 rings (SSSR count). The second-order valence-electron chi connectivity index (χ2n) is 6.38. The number of nitrogens with zero attached hydrogens (tertiary/aromatic N) is 2. The fourth-order valence-electron chi connectivity index (χ4n) is 3.54. The number of fused-ring (bicyclic) bond motifs is 2. The molecule has 2 fully saturated rings. The third-order valence-corrected chi connectivity index (χ3v) is 4.78. The number of benzene rings is 1. The van der Waals surface area contributed by atoms with E-state index < -0.39 is 0 Å². The smallest absolute Gasteiger partial charge is 0.332 e. The summed E-state index contributed by atoms with van der Waals surface area (Å²) < 4.78 is 1.40. The number of hydrogen-bond donors (Lipinski definition) is 2. The highest BCUT2D eigenvalue weighted by Crippen LogP contribution is 2.28. The average Bonchev–Trinajstić information content (AvgIpc) is 3.24. The van der Waals surface area contributed by atoms with Crippen molar-refractivity contribution in [1.29, 1.82) is 0 Å². The first-order valence-electron chi connectivity index (χ1n) is 7.88. The van der Waals surface area contributed by atoms with Gasteiger partial charge in [0.15, 0.2) is 0 Å². The van der Waals surface area contributed by atoms with Crippen LogP contribution < -0.4 is 10.6 Å². The number of nitrogens with one attached hydrogen (secondary N) is 2. The van der Waals surface area contributed by atoms with Crippen LogP contribution in [0.3, 0.4) is 0 Å². The Hall–Kier alpha value is -2.14. The van der Waals surface area contributed by atoms with Crippen LogP contribution in [-0.2, 0) is 0 Å². The van der Waals surface area contributed by atoms with Crippen molar-refractivity contribution in [3.63, 3.8) is 0 Å². The highest BCUT2D eigenvalue weighted by Gasteiger charge is 2.39. The summed E-state index contributed by atoms with van der Waals surface area (Å²) in [6.07, 6.45) is 6.95. The maximum atomic E-state index is 12.3. The largest absolute Gasteiger partial charge is 0.342 e. The van der Waals surface area contributed by atoms with Crippen LogP contribution in [0.25, 0.3) is 11.1 Å². The van der Waals surface area contributed by atoms with Crippen LogP contribution in [0.15, 0.2) is 36.7 Å². The lowest BCUT2D eigenvalue weighted by Crippen LogP contribution is -2.44. The predicted molar refractivity (Wildman–Crippen MR) is 84.7 cm³/mol. The molecule has 2 bridgehead atoms. The standard InChI is InChI=1S/C17H20N4O/c1-11-2-4-12(5-3-11)13-9-18-21(10-13)17(22)20-16-8-14-6-7-15(16)19-14/h2-5,9-10,14-16,19H,6-8H2,1H3,(H,20,22). The van der Waals surface area contributed by atoms with Gasteiger partial charge in [-0.15, -0.1) is 0 Å². The molecular weight excluding hydrogens is 276 g/mol. The Morgan fingerprint density at radius 2 is 2.09 bits per heavy atom. The van der Waals surface area contributed by atoms with Gasteiger partial charge < -0.3 is 10.6 Å². The van der Waals surface area contributed by atoms with Gasteiger partial charge in [0.25, 0.3) is 0 Å². The van der Waals surface area contributed by atoms with E-state index in [-0.39, 0.29) is 12.1 Å². The molecule has 0 aliphatic carbocycles. The highest BCUT2D eigenvalue weighted by atomic mass is 16.2. The van der Waals surface area contributed by atoms with E-state index in [4.69, 9.17) is 0 Å². The van der Waals surface area contributed by atoms with E-state index in [1.165, 1.54) is 16.7 Å². The van der Waals surface area contributed by atoms with Crippen LogP contribution in [0.4, 0.5) is 4.79 Å². The normalized spacial score (nSPS) is 26.3. The van der Waals surface area contributed by atoms with E-state index >= 15 is 0 Å². The van der Waals surface area contributed by atoms with E-state index in [0.717, 1.165) is 24.0 Å². The Morgan fingerprint density at radius 1 is 1.27 bits per heavy atom. The summed E-state index contributed by atoms with van der Waals surface area (Å²) in [5, 5.41) is 10.8. The van der Waals surface area contributed by atoms with E-state index in [9.17, 15) is 4.79 Å². The van der Waals surface area contributed by atoms with Crippen LogP contribution in [0.1, 0.15) is 24.8 Å². The van der Waals surface area contributed by atoms with Crippen LogP contribution >= 0.6 is 0 Å². The molecule has 1 amide bonds. The molecule has 0 spiro atoms. The topological polar surface area (TPSA) is 59.0 Å². The minimum absolute atomic E-state index is 0.141. The third kappa shape index (κ3) is 2.41. The fourth-order valence-corrected chi connectivity index (χ4v) is 3.54. The number of rotatable bonds is 2. The Bertz CT molecular complexity index is 691. The number of carbonyl (C=O) groups is 1. The van der Waals surface area contributed by atoms with Crippen LogP contribution in [-0.4, -0.2) is 33.9 Å². The molecule has 2 N–H and O–H groups in total. The Labute approximate surface area is 129 Å². The van der Waals surface area contributed by atoms with Crippen molar-refractivity contribution in [1.82, 2.24) is 20.4 Å². The summed E-state index contributed by atoms with van der Waals surface area (Å²) in [4.78, 5) is 12.3. The predicted octanol–water partition coefficient (Wildman–Crippen LogP) is 2.31. The molecule has 2 aliphatic heterocycles. The Morgan fingerprint density at radius 3 is 2.77 bits per heavy atom. The molecule has 2 saturated heterocycles. The number of hydrogen-bond acceptors (Lipinski definition) is 3. The van der Waals surface area contributed by atoms with Crippen LogP contribution in [0.5, 0.6) is 0 Å². The van der Waals surface area contributed by atoms with E-state index in [0.29, 0.717) is 12.1 Å². The SMILES string of the molecule is Cc1ccc(-c2cnn(C(=O)NC3CC4CCC3N4)c2)cc1. The van der Waals surface area contributed by atoms with Crippen molar-refractivity contribution < 1.29 is 4.79 Å². The molecule has 114 valence electrons. The van der Waals surface area contributed by atoms with Gasteiger partial charge in [-0.05, 0) is 31.7 Å². The number of aromatic nitrogens is 2. The lowest BCUT2D eigenvalue weighted by Gasteiger charge is -2.21. The second kappa shape index (κ2) is 5.25. The summed E-state index contributed by atoms with van der Waals surface area (Å²) in [7, 11) is 0. The van der Waals surface area contributed by atoms with Gasteiger partial charge >= 0.3 is 6.03 Å². The van der Waals surface area contributed by atoms with Gasteiger partial charge in [-0.1, -0.05) is 29.8 Å². The molecule has 2 aromatic rings. The lowest BCUT2D eigenvalue weighted by molar-refractivity contribution is 0.233. The van der Waals surface area contributed by atoms with Gasteiger partial charge in [-0.2, -0.15) is 9.78 Å². The maximum absolute atomic E-state index is 12.3. The van der Waals surface area contributed by atoms with E-state index in [1.807, 2.05) is 0 Å². The minimum Gasteiger partial charge on any atom is -0.332 e. The average molecular weight is 296 g/mol. The molecule has 2 aliphatic rings. The zero-order valence-electron chi connectivity index (χ0n) is 12.6. The quantitative estimate of drug-likeness (QED) is 0.894. The molecule has 5 heteroatoms. The molecule has 0 saturated carbocycles. The van der Waals surface area contributed by atoms with Gasteiger partial charge in [-0.3, -0.25) is 0 Å². The molecule has 3 unspecified atom stereocenters. The fraction of sp³-hybridized carbons (Fsp3) is 0.412. The van der Waals surface area contributed by atoms with E-state index in [2.05, 4.69) is 46.9 Å². The summed E-state index contributed by atoms with van der Waals surface area (Å²) in [5.41, 5.74) is 3.25. The zero-order chi connectivity index (χ0) is 15.1. The van der Waals surface area contributed by atoms with Crippen molar-refractivity contribution in [3.05, 3.63) is 42.2 Å². The molecule has 0 radical (unpaired) electrons. The Balaban J connectivity index is 1.46. The van der Waals surface area contributed by atoms with Crippen molar-refractivity contribution in [3.8, 4) is 11.1 Å². The summed E-state index contributed by atoms with van der Waals surface area (Å²) in [6, 6.07) is 9.33. The Kier molecular flexibility index (Phi) is 3.22. The van der Waals surface area contributed by atoms with Crippen LogP contribution in [0, 0.1) is 6.92 Å². The van der Waals surface area contributed by atoms with Gasteiger partial charge in [0.2, 0.25) is 0 Å². The first kappa shape index (κ1) is 13.5. The molecule has 3 heterocycles. The summed E-state index contributed by atoms with van der Waals surface area (Å²) in [6.45, 7) is 2.06. The first-order valence-corrected chi connectivity index (χ1v) is 7.88. The molecule has 22 heavy (non-hydrogen) atoms. The van der Waals surface area contributed by atoms with Gasteiger partial charge in [0.1, 0.15) is 0 Å². The summed E-state index contributed by atoms with van der Waals surface area (Å²) >= 11 is 0. The monoisotopic (exact) mass is 296 g/mol. The minimum atomic E-state index is -0.141. The zero-order valence-corrected chi connectivity index (χ0v) is 12.6. The number of amides is 1. The van der Waals surface area contributed by atoms with Gasteiger partial charge in [-0.25, -0.2) is 4.79 Å². The number of carbonyl (C=O) groups excluding carboxylic acids is 1. The van der Waals surface area contributed by atoms with Crippen LogP contribution in [0.2, 0.25) is 0 Å². The van der Waals surface area contributed by atoms with Gasteiger partial charge in [0, 0.05) is 29.9 Å². The highest BCUT2D eigenvalue weighted by molar-refractivity contribution is 5.78.